The molecule has 406 valence electrons. The Morgan fingerprint density at radius 1 is 0.486 bits per heavy atom. The second kappa shape index (κ2) is 43.1. The van der Waals surface area contributed by atoms with Crippen LogP contribution in [0.15, 0.2) is 60.8 Å². The van der Waals surface area contributed by atoms with Crippen molar-refractivity contribution in [2.45, 2.75) is 255 Å². The van der Waals surface area contributed by atoms with Crippen LogP contribution in [0.5, 0.6) is 0 Å². The molecule has 0 aliphatic carbocycles. The van der Waals surface area contributed by atoms with E-state index in [0.29, 0.717) is 13.0 Å². The molecule has 0 radical (unpaired) electrons. The summed E-state index contributed by atoms with van der Waals surface area (Å²) < 4.78 is 34.3. The third-order valence-corrected chi connectivity index (χ3v) is 12.8. The number of unbranched alkanes of at least 4 members (excludes halogenated alkanes) is 19. The molecular weight excluding hydrogens is 897 g/mol. The fourth-order valence-corrected chi connectivity index (χ4v) is 8.37. The second-order valence-electron chi connectivity index (χ2n) is 19.0. The van der Waals surface area contributed by atoms with Gasteiger partial charge in [-0.05, 0) is 57.8 Å². The van der Waals surface area contributed by atoms with Crippen LogP contribution in [0.4, 0.5) is 0 Å². The Kier molecular flexibility index (Phi) is 39.3. The summed E-state index contributed by atoms with van der Waals surface area (Å²) in [5.41, 5.74) is 0. The number of rotatable bonds is 43. The Bertz CT molecular complexity index is 1390. The molecule has 2 aliphatic rings. The van der Waals surface area contributed by atoms with Gasteiger partial charge in [0.05, 0.1) is 26.4 Å². The van der Waals surface area contributed by atoms with Gasteiger partial charge in [0.15, 0.2) is 12.6 Å². The van der Waals surface area contributed by atoms with Gasteiger partial charge in [-0.2, -0.15) is 0 Å². The number of allylic oxidation sites excluding steroid dienone is 10. The minimum atomic E-state index is -1.71. The summed E-state index contributed by atoms with van der Waals surface area (Å²) in [7, 11) is 0. The predicted octanol–water partition coefficient (Wildman–Crippen LogP) is 8.91. The quantitative estimate of drug-likeness (QED) is 0.0173. The van der Waals surface area contributed by atoms with Crippen LogP contribution in [0.1, 0.15) is 187 Å². The smallest absolute Gasteiger partial charge is 0.306 e. The van der Waals surface area contributed by atoms with Gasteiger partial charge in [0.2, 0.25) is 0 Å². The first-order valence-electron chi connectivity index (χ1n) is 27.4. The number of hydrogen-bond acceptors (Lipinski definition) is 14. The van der Waals surface area contributed by atoms with Crippen molar-refractivity contribution in [2.24, 2.45) is 0 Å². The maximum atomic E-state index is 13.0. The van der Waals surface area contributed by atoms with Gasteiger partial charge in [-0.25, -0.2) is 0 Å². The van der Waals surface area contributed by atoms with Crippen molar-refractivity contribution >= 4 is 5.97 Å². The van der Waals surface area contributed by atoms with Crippen LogP contribution in [0.2, 0.25) is 0 Å². The predicted molar refractivity (Wildman–Crippen MR) is 275 cm³/mol. The van der Waals surface area contributed by atoms with Crippen molar-refractivity contribution in [3.63, 3.8) is 0 Å². The fourth-order valence-electron chi connectivity index (χ4n) is 8.37. The highest BCUT2D eigenvalue weighted by Crippen LogP contribution is 2.26. The van der Waals surface area contributed by atoms with Gasteiger partial charge >= 0.3 is 5.97 Å². The highest BCUT2D eigenvalue weighted by molar-refractivity contribution is 5.69. The zero-order chi connectivity index (χ0) is 50.9. The summed E-state index contributed by atoms with van der Waals surface area (Å²) in [5.74, 6) is -0.381. The summed E-state index contributed by atoms with van der Waals surface area (Å²) in [5, 5.41) is 72.2. The second-order valence-corrected chi connectivity index (χ2v) is 19.0. The van der Waals surface area contributed by atoms with Crippen molar-refractivity contribution in [3.05, 3.63) is 60.8 Å². The number of ether oxygens (including phenoxy) is 6. The van der Waals surface area contributed by atoms with Crippen LogP contribution in [-0.2, 0) is 33.2 Å². The van der Waals surface area contributed by atoms with Crippen molar-refractivity contribution in [2.75, 3.05) is 33.0 Å². The van der Waals surface area contributed by atoms with Crippen molar-refractivity contribution in [3.8, 4) is 0 Å². The molecule has 0 aromatic carbocycles. The topological polar surface area (TPSA) is 214 Å². The molecule has 2 aliphatic heterocycles. The molecule has 2 heterocycles. The minimum absolute atomic E-state index is 0.0553. The Morgan fingerprint density at radius 2 is 0.929 bits per heavy atom. The van der Waals surface area contributed by atoms with E-state index in [1.54, 1.807) is 0 Å². The molecule has 11 unspecified atom stereocenters. The maximum Gasteiger partial charge on any atom is 0.306 e. The van der Waals surface area contributed by atoms with Gasteiger partial charge in [0.1, 0.15) is 54.9 Å². The number of aliphatic hydroxyl groups is 7. The molecule has 0 amide bonds. The van der Waals surface area contributed by atoms with E-state index in [2.05, 4.69) is 74.6 Å². The SMILES string of the molecule is CC/C=C\C/C=C\C/C=C\C/C=C\C/C=C\CCCCCCCCCCOCC(COC1OC(COC2OC(CO)C(O)C(O)C2O)C(O)C(O)C1O)OC(=O)CCCCCCCCCCCCCC. The molecular formula is C56H98O14. The molecule has 70 heavy (non-hydrogen) atoms. The fraction of sp³-hybridized carbons (Fsp3) is 0.804. The van der Waals surface area contributed by atoms with Crippen LogP contribution < -0.4 is 0 Å². The number of carbonyl (C=O) groups excluding carboxylic acids is 1. The highest BCUT2D eigenvalue weighted by atomic mass is 16.7. The summed E-state index contributed by atoms with van der Waals surface area (Å²) in [6.07, 6.45) is 35.7. The normalized spacial score (nSPS) is 26.0. The van der Waals surface area contributed by atoms with Gasteiger partial charge in [-0.15, -0.1) is 0 Å². The molecule has 0 aromatic rings. The molecule has 0 aromatic heterocycles. The van der Waals surface area contributed by atoms with Crippen LogP contribution in [0.3, 0.4) is 0 Å². The third kappa shape index (κ3) is 30.0. The Morgan fingerprint density at radius 3 is 1.46 bits per heavy atom. The van der Waals surface area contributed by atoms with E-state index in [9.17, 15) is 40.5 Å². The van der Waals surface area contributed by atoms with Gasteiger partial charge in [-0.1, -0.05) is 184 Å². The largest absolute Gasteiger partial charge is 0.457 e. The molecule has 0 bridgehead atoms. The van der Waals surface area contributed by atoms with Crippen molar-refractivity contribution < 1.29 is 69.0 Å². The molecule has 11 atom stereocenters. The van der Waals surface area contributed by atoms with Gasteiger partial charge < -0.3 is 64.2 Å². The molecule has 0 saturated carbocycles. The molecule has 14 nitrogen and oxygen atoms in total. The van der Waals surface area contributed by atoms with E-state index in [1.165, 1.54) is 83.5 Å². The monoisotopic (exact) mass is 995 g/mol. The third-order valence-electron chi connectivity index (χ3n) is 12.8. The maximum absolute atomic E-state index is 13.0. The van der Waals surface area contributed by atoms with Crippen LogP contribution in [0.25, 0.3) is 0 Å². The Balaban J connectivity index is 1.71. The van der Waals surface area contributed by atoms with E-state index < -0.39 is 80.7 Å². The molecule has 7 N–H and O–H groups in total. The Hall–Kier alpha value is -2.31. The van der Waals surface area contributed by atoms with E-state index in [1.807, 2.05) is 0 Å². The molecule has 2 saturated heterocycles. The average Bonchev–Trinajstić information content (AvgIpc) is 3.36. The zero-order valence-corrected chi connectivity index (χ0v) is 43.2. The number of esters is 1. The van der Waals surface area contributed by atoms with Crippen LogP contribution >= 0.6 is 0 Å². The van der Waals surface area contributed by atoms with Crippen molar-refractivity contribution in [1.82, 2.24) is 0 Å². The zero-order valence-electron chi connectivity index (χ0n) is 43.2. The summed E-state index contributed by atoms with van der Waals surface area (Å²) >= 11 is 0. The first-order chi connectivity index (χ1) is 34.1. The van der Waals surface area contributed by atoms with Crippen LogP contribution in [-0.4, -0.2) is 142 Å². The highest BCUT2D eigenvalue weighted by Gasteiger charge is 2.47. The van der Waals surface area contributed by atoms with Crippen molar-refractivity contribution in [1.29, 1.82) is 0 Å². The van der Waals surface area contributed by atoms with Crippen LogP contribution in [0, 0.1) is 0 Å². The first-order valence-corrected chi connectivity index (χ1v) is 27.4. The summed E-state index contributed by atoms with van der Waals surface area (Å²) in [6, 6.07) is 0. The minimum Gasteiger partial charge on any atom is -0.457 e. The lowest BCUT2D eigenvalue weighted by Crippen LogP contribution is -2.61. The van der Waals surface area contributed by atoms with Gasteiger partial charge in [0.25, 0.3) is 0 Å². The average molecular weight is 995 g/mol. The molecule has 2 fully saturated rings. The first kappa shape index (κ1) is 63.8. The van der Waals surface area contributed by atoms with Gasteiger partial charge in [-0.3, -0.25) is 4.79 Å². The van der Waals surface area contributed by atoms with E-state index in [-0.39, 0.29) is 25.6 Å². The molecule has 0 spiro atoms. The van der Waals surface area contributed by atoms with E-state index in [0.717, 1.165) is 77.0 Å². The lowest BCUT2D eigenvalue weighted by atomic mass is 9.98. The van der Waals surface area contributed by atoms with E-state index >= 15 is 0 Å². The lowest BCUT2D eigenvalue weighted by molar-refractivity contribution is -0.332. The summed E-state index contributed by atoms with van der Waals surface area (Å²) in [4.78, 5) is 13.0. The lowest BCUT2D eigenvalue weighted by Gasteiger charge is -2.42. The number of hydrogen-bond donors (Lipinski definition) is 7. The standard InChI is InChI=1S/C56H98O14/c1-3-5-7-9-11-13-15-17-18-19-20-21-22-23-24-25-26-27-28-30-32-34-36-38-40-65-42-45(68-48(58)39-37-35-33-31-29-16-14-12-10-8-6-4-2)43-66-55-54(64)52(62)50(60)47(70-55)44-67-56-53(63)51(61)49(59)46(41-57)69-56/h5,7,11,13,17-18,20-21,23-24,45-47,49-57,59-64H,3-4,6,8-10,12,14-16,19,22,25-44H2,1-2H3/b7-5-,13-11-,18-17-,21-20-,24-23-. The number of carbonyl (C=O) groups is 1. The summed E-state index contributed by atoms with van der Waals surface area (Å²) in [6.45, 7) is 3.55. The molecule has 2 rings (SSSR count). The molecule has 14 heteroatoms. The van der Waals surface area contributed by atoms with E-state index in [4.69, 9.17) is 28.4 Å². The number of aliphatic hydroxyl groups excluding tert-OH is 7. The van der Waals surface area contributed by atoms with Gasteiger partial charge in [0, 0.05) is 13.0 Å². The Labute approximate surface area is 422 Å².